The van der Waals surface area contributed by atoms with Gasteiger partial charge in [-0.25, -0.2) is 0 Å². The van der Waals surface area contributed by atoms with Crippen LogP contribution >= 0.6 is 11.8 Å². The van der Waals surface area contributed by atoms with E-state index in [4.69, 9.17) is 11.2 Å². The maximum Gasteiger partial charge on any atom is 0.327 e. The lowest BCUT2D eigenvalue weighted by Crippen LogP contribution is -2.56. The number of carbonyl (C=O) groups is 1. The van der Waals surface area contributed by atoms with Crippen LogP contribution in [0.25, 0.3) is 0 Å². The lowest BCUT2D eigenvalue weighted by molar-refractivity contribution is -0.150. The summed E-state index contributed by atoms with van der Waals surface area (Å²) in [6, 6.07) is 0. The molecule has 0 aromatic heterocycles. The van der Waals surface area contributed by atoms with Crippen LogP contribution in [0.2, 0.25) is 0 Å². The van der Waals surface area contributed by atoms with Crippen LogP contribution in [0, 0.1) is 12.3 Å². The maximum absolute atomic E-state index is 11.9. The minimum Gasteiger partial charge on any atom is -0.465 e. The Morgan fingerprint density at radius 2 is 2.53 bits per heavy atom. The molecule has 0 aromatic rings. The molecule has 4 heteroatoms. The van der Waals surface area contributed by atoms with Crippen molar-refractivity contribution in [3.8, 4) is 12.3 Å². The molecular weight excluding hydrogens is 210 g/mol. The number of ether oxygens (including phenoxy) is 1. The summed E-state index contributed by atoms with van der Waals surface area (Å²) in [5, 5.41) is 3.14. The van der Waals surface area contributed by atoms with E-state index in [1.807, 2.05) is 6.92 Å². The second kappa shape index (κ2) is 6.04. The Balaban J connectivity index is 2.66. The van der Waals surface area contributed by atoms with Crippen molar-refractivity contribution in [3.05, 3.63) is 0 Å². The summed E-state index contributed by atoms with van der Waals surface area (Å²) in [5.41, 5.74) is -0.550. The van der Waals surface area contributed by atoms with Crippen molar-refractivity contribution in [3.63, 3.8) is 0 Å². The first kappa shape index (κ1) is 12.4. The molecule has 0 bridgehead atoms. The van der Waals surface area contributed by atoms with Gasteiger partial charge >= 0.3 is 5.97 Å². The fourth-order valence-corrected chi connectivity index (χ4v) is 2.86. The third kappa shape index (κ3) is 3.15. The van der Waals surface area contributed by atoms with Crippen LogP contribution in [0.5, 0.6) is 0 Å². The molecule has 0 saturated carbocycles. The van der Waals surface area contributed by atoms with Crippen molar-refractivity contribution in [1.29, 1.82) is 0 Å². The minimum absolute atomic E-state index is 0.160. The molecule has 0 amide bonds. The van der Waals surface area contributed by atoms with E-state index in [0.29, 0.717) is 13.2 Å². The van der Waals surface area contributed by atoms with Crippen molar-refractivity contribution in [2.75, 3.05) is 24.7 Å². The molecule has 1 fully saturated rings. The normalized spacial score (nSPS) is 25.6. The third-order valence-electron chi connectivity index (χ3n) is 2.44. The minimum atomic E-state index is -0.550. The molecule has 1 aliphatic heterocycles. The topological polar surface area (TPSA) is 38.3 Å². The van der Waals surface area contributed by atoms with Gasteiger partial charge in [0.05, 0.1) is 13.2 Å². The average molecular weight is 227 g/mol. The van der Waals surface area contributed by atoms with E-state index in [9.17, 15) is 4.79 Å². The van der Waals surface area contributed by atoms with Gasteiger partial charge in [0.2, 0.25) is 0 Å². The Morgan fingerprint density at radius 1 is 1.73 bits per heavy atom. The van der Waals surface area contributed by atoms with E-state index in [-0.39, 0.29) is 5.97 Å². The van der Waals surface area contributed by atoms with Crippen LogP contribution < -0.4 is 5.32 Å². The number of terminal acetylenes is 1. The molecule has 0 aliphatic carbocycles. The van der Waals surface area contributed by atoms with Crippen LogP contribution in [-0.4, -0.2) is 36.2 Å². The first-order chi connectivity index (χ1) is 7.25. The third-order valence-corrected chi connectivity index (χ3v) is 3.71. The monoisotopic (exact) mass is 227 g/mol. The zero-order valence-corrected chi connectivity index (χ0v) is 9.86. The molecule has 1 saturated heterocycles. The fourth-order valence-electron chi connectivity index (χ4n) is 1.66. The molecule has 1 atom stereocenters. The summed E-state index contributed by atoms with van der Waals surface area (Å²) in [6.07, 6.45) is 7.06. The summed E-state index contributed by atoms with van der Waals surface area (Å²) in [6.45, 7) is 2.66. The molecule has 84 valence electrons. The summed E-state index contributed by atoms with van der Waals surface area (Å²) in [4.78, 5) is 11.9. The smallest absolute Gasteiger partial charge is 0.327 e. The number of thioether (sulfide) groups is 1. The Labute approximate surface area is 95.3 Å². The summed E-state index contributed by atoms with van der Waals surface area (Å²) in [5.74, 6) is 4.22. The quantitative estimate of drug-likeness (QED) is 0.575. The number of nitrogens with one attached hydrogen (secondary N) is 1. The van der Waals surface area contributed by atoms with Crippen LogP contribution in [0.15, 0.2) is 0 Å². The van der Waals surface area contributed by atoms with Gasteiger partial charge in [-0.1, -0.05) is 5.92 Å². The van der Waals surface area contributed by atoms with E-state index in [1.54, 1.807) is 11.8 Å². The van der Waals surface area contributed by atoms with Gasteiger partial charge in [0, 0.05) is 5.75 Å². The van der Waals surface area contributed by atoms with Crippen LogP contribution in [-0.2, 0) is 9.53 Å². The molecule has 0 radical (unpaired) electrons. The summed E-state index contributed by atoms with van der Waals surface area (Å²) < 4.78 is 5.10. The summed E-state index contributed by atoms with van der Waals surface area (Å²) >= 11 is 1.77. The second-order valence-electron chi connectivity index (χ2n) is 3.52. The molecule has 1 rings (SSSR count). The zero-order valence-electron chi connectivity index (χ0n) is 9.04. The molecule has 0 aromatic carbocycles. The van der Waals surface area contributed by atoms with Crippen LogP contribution in [0.3, 0.4) is 0 Å². The van der Waals surface area contributed by atoms with E-state index >= 15 is 0 Å². The standard InChI is InChI=1S/C11H17NO2S/c1-3-7-12-11(10(13)14-4-2)6-5-8-15-9-11/h1,12H,4-9H2,2H3. The highest BCUT2D eigenvalue weighted by atomic mass is 32.2. The van der Waals surface area contributed by atoms with Gasteiger partial charge in [0.25, 0.3) is 0 Å². The molecule has 1 N–H and O–H groups in total. The van der Waals surface area contributed by atoms with Gasteiger partial charge in [-0.05, 0) is 25.5 Å². The van der Waals surface area contributed by atoms with Crippen LogP contribution in [0.1, 0.15) is 19.8 Å². The number of rotatable bonds is 4. The summed E-state index contributed by atoms with van der Waals surface area (Å²) in [7, 11) is 0. The highest BCUT2D eigenvalue weighted by Crippen LogP contribution is 2.27. The first-order valence-corrected chi connectivity index (χ1v) is 6.34. The zero-order chi connectivity index (χ0) is 11.1. The Hall–Kier alpha value is -0.660. The largest absolute Gasteiger partial charge is 0.465 e. The van der Waals surface area contributed by atoms with Crippen molar-refractivity contribution >= 4 is 17.7 Å². The second-order valence-corrected chi connectivity index (χ2v) is 4.62. The molecule has 1 heterocycles. The number of esters is 1. The number of hydrogen-bond acceptors (Lipinski definition) is 4. The van der Waals surface area contributed by atoms with Gasteiger partial charge < -0.3 is 4.74 Å². The Bertz CT molecular complexity index is 254. The molecule has 3 nitrogen and oxygen atoms in total. The van der Waals surface area contributed by atoms with Gasteiger partial charge in [0.15, 0.2) is 0 Å². The lowest BCUT2D eigenvalue weighted by atomic mass is 9.95. The predicted molar refractivity (Wildman–Crippen MR) is 62.8 cm³/mol. The first-order valence-electron chi connectivity index (χ1n) is 5.18. The fraction of sp³-hybridized carbons (Fsp3) is 0.727. The lowest BCUT2D eigenvalue weighted by Gasteiger charge is -2.34. The SMILES string of the molecule is C#CCNC1(C(=O)OCC)CCCSC1. The van der Waals surface area contributed by atoms with Crippen molar-refractivity contribution in [1.82, 2.24) is 5.32 Å². The van der Waals surface area contributed by atoms with E-state index in [0.717, 1.165) is 24.3 Å². The Kier molecular flexibility index (Phi) is 5.00. The predicted octanol–water partition coefficient (Wildman–Crippen LogP) is 1.04. The van der Waals surface area contributed by atoms with Gasteiger partial charge in [-0.2, -0.15) is 11.8 Å². The van der Waals surface area contributed by atoms with Crippen molar-refractivity contribution in [2.45, 2.75) is 25.3 Å². The number of carbonyl (C=O) groups excluding carboxylic acids is 1. The van der Waals surface area contributed by atoms with Crippen molar-refractivity contribution in [2.24, 2.45) is 0 Å². The average Bonchev–Trinajstić information content (AvgIpc) is 2.28. The van der Waals surface area contributed by atoms with Crippen molar-refractivity contribution < 1.29 is 9.53 Å². The molecule has 15 heavy (non-hydrogen) atoms. The maximum atomic E-state index is 11.9. The highest BCUT2D eigenvalue weighted by Gasteiger charge is 2.40. The van der Waals surface area contributed by atoms with E-state index in [1.165, 1.54) is 0 Å². The van der Waals surface area contributed by atoms with E-state index in [2.05, 4.69) is 11.2 Å². The molecule has 1 aliphatic rings. The van der Waals surface area contributed by atoms with Crippen LogP contribution in [0.4, 0.5) is 0 Å². The van der Waals surface area contributed by atoms with Gasteiger partial charge in [-0.3, -0.25) is 10.1 Å². The molecule has 1 unspecified atom stereocenters. The molecule has 0 spiro atoms. The van der Waals surface area contributed by atoms with Gasteiger partial charge in [0.1, 0.15) is 5.54 Å². The number of hydrogen-bond donors (Lipinski definition) is 1. The Morgan fingerprint density at radius 3 is 3.07 bits per heavy atom. The molecular formula is C11H17NO2S. The van der Waals surface area contributed by atoms with Gasteiger partial charge in [-0.15, -0.1) is 6.42 Å². The highest BCUT2D eigenvalue weighted by molar-refractivity contribution is 7.99. The van der Waals surface area contributed by atoms with E-state index < -0.39 is 5.54 Å².